The lowest BCUT2D eigenvalue weighted by Gasteiger charge is -2.22. The standard InChI is InChI=1S/C24H42N2O9/c1-3-4-5-6-7-8-9-14-22(30)26(35)16-11-13-21(29)18-24(33,23(31)32)17-20(28)12-10-15-25(34)19(2)27/h33-35H,3-18H2,1-2H3,(H,31,32). The number of unbranched alkanes of at least 4 members (excludes halogenated alkanes) is 6. The second-order valence-corrected chi connectivity index (χ2v) is 9.01. The van der Waals surface area contributed by atoms with Crippen molar-refractivity contribution in [3.8, 4) is 0 Å². The van der Waals surface area contributed by atoms with E-state index in [4.69, 9.17) is 0 Å². The Morgan fingerprint density at radius 2 is 1.14 bits per heavy atom. The van der Waals surface area contributed by atoms with Crippen molar-refractivity contribution in [2.75, 3.05) is 13.1 Å². The fraction of sp³-hybridized carbons (Fsp3) is 0.792. The number of nitrogens with zero attached hydrogens (tertiary/aromatic N) is 2. The van der Waals surface area contributed by atoms with Crippen molar-refractivity contribution in [2.45, 2.75) is 109 Å². The molecule has 0 fully saturated rings. The van der Waals surface area contributed by atoms with E-state index in [-0.39, 0.29) is 45.2 Å². The molecule has 202 valence electrons. The summed E-state index contributed by atoms with van der Waals surface area (Å²) in [6.07, 6.45) is 5.72. The molecule has 0 heterocycles. The van der Waals surface area contributed by atoms with Crippen molar-refractivity contribution in [2.24, 2.45) is 0 Å². The summed E-state index contributed by atoms with van der Waals surface area (Å²) in [5.41, 5.74) is -2.57. The zero-order valence-electron chi connectivity index (χ0n) is 21.0. The van der Waals surface area contributed by atoms with Gasteiger partial charge in [0.05, 0.1) is 0 Å². The van der Waals surface area contributed by atoms with Gasteiger partial charge in [-0.1, -0.05) is 45.4 Å². The maximum atomic E-state index is 12.2. The topological polar surface area (TPSA) is 173 Å². The van der Waals surface area contributed by atoms with Crippen molar-refractivity contribution in [1.82, 2.24) is 10.1 Å². The van der Waals surface area contributed by atoms with Gasteiger partial charge in [0.1, 0.15) is 11.6 Å². The quantitative estimate of drug-likeness (QED) is 0.105. The Kier molecular flexibility index (Phi) is 16.8. The van der Waals surface area contributed by atoms with Crippen LogP contribution in [0.4, 0.5) is 0 Å². The summed E-state index contributed by atoms with van der Waals surface area (Å²) in [6.45, 7) is 3.06. The van der Waals surface area contributed by atoms with Gasteiger partial charge in [-0.15, -0.1) is 0 Å². The minimum Gasteiger partial charge on any atom is -0.479 e. The molecule has 35 heavy (non-hydrogen) atoms. The highest BCUT2D eigenvalue weighted by atomic mass is 16.5. The number of aliphatic carboxylic acids is 1. The van der Waals surface area contributed by atoms with Crippen LogP contribution in [0.25, 0.3) is 0 Å². The number of carboxylic acid groups (broad SMARTS) is 1. The van der Waals surface area contributed by atoms with Crippen molar-refractivity contribution in [3.63, 3.8) is 0 Å². The number of hydrogen-bond donors (Lipinski definition) is 4. The first-order chi connectivity index (χ1) is 16.4. The number of amides is 2. The molecule has 0 aliphatic carbocycles. The molecular formula is C24H42N2O9. The van der Waals surface area contributed by atoms with Crippen LogP contribution in [0.2, 0.25) is 0 Å². The van der Waals surface area contributed by atoms with Gasteiger partial charge >= 0.3 is 5.97 Å². The Bertz CT molecular complexity index is 698. The molecule has 0 aromatic rings. The highest BCUT2D eigenvalue weighted by Crippen LogP contribution is 2.20. The first-order valence-electron chi connectivity index (χ1n) is 12.4. The van der Waals surface area contributed by atoms with Gasteiger partial charge in [-0.05, 0) is 19.3 Å². The average molecular weight is 503 g/mol. The Morgan fingerprint density at radius 3 is 1.60 bits per heavy atom. The lowest BCUT2D eigenvalue weighted by Crippen LogP contribution is -2.43. The summed E-state index contributed by atoms with van der Waals surface area (Å²) in [5.74, 6) is -4.00. The summed E-state index contributed by atoms with van der Waals surface area (Å²) in [6, 6.07) is 0. The summed E-state index contributed by atoms with van der Waals surface area (Å²) in [4.78, 5) is 58.6. The molecule has 1 atom stereocenters. The average Bonchev–Trinajstić information content (AvgIpc) is 2.77. The zero-order chi connectivity index (χ0) is 26.9. The van der Waals surface area contributed by atoms with E-state index in [2.05, 4.69) is 6.92 Å². The number of aliphatic hydroxyl groups is 1. The third kappa shape index (κ3) is 15.3. The summed E-state index contributed by atoms with van der Waals surface area (Å²) >= 11 is 0. The van der Waals surface area contributed by atoms with E-state index in [1.165, 1.54) is 19.3 Å². The van der Waals surface area contributed by atoms with Crippen molar-refractivity contribution in [3.05, 3.63) is 0 Å². The molecule has 0 spiro atoms. The molecule has 0 aliphatic heterocycles. The zero-order valence-corrected chi connectivity index (χ0v) is 21.0. The van der Waals surface area contributed by atoms with Crippen molar-refractivity contribution < 1.29 is 44.6 Å². The predicted octanol–water partition coefficient (Wildman–Crippen LogP) is 2.88. The van der Waals surface area contributed by atoms with E-state index in [9.17, 15) is 44.6 Å². The third-order valence-electron chi connectivity index (χ3n) is 5.67. The molecule has 2 amide bonds. The van der Waals surface area contributed by atoms with Gasteiger partial charge in [0.2, 0.25) is 11.8 Å². The van der Waals surface area contributed by atoms with Crippen LogP contribution in [0.1, 0.15) is 104 Å². The van der Waals surface area contributed by atoms with Crippen molar-refractivity contribution >= 4 is 29.4 Å². The minimum absolute atomic E-state index is 0.0672. The molecule has 0 saturated heterocycles. The van der Waals surface area contributed by atoms with Gasteiger partial charge in [-0.3, -0.25) is 29.6 Å². The molecule has 0 aromatic heterocycles. The number of Topliss-reactive ketones (excluding diaryl/α,β-unsaturated/α-hetero) is 2. The Labute approximate surface area is 207 Å². The van der Waals surface area contributed by atoms with E-state index in [1.54, 1.807) is 0 Å². The van der Waals surface area contributed by atoms with Crippen molar-refractivity contribution in [1.29, 1.82) is 0 Å². The third-order valence-corrected chi connectivity index (χ3v) is 5.67. The minimum atomic E-state index is -2.57. The largest absolute Gasteiger partial charge is 0.479 e. The van der Waals surface area contributed by atoms with Gasteiger partial charge < -0.3 is 10.2 Å². The molecule has 11 nitrogen and oxygen atoms in total. The van der Waals surface area contributed by atoms with Crippen LogP contribution in [0, 0.1) is 0 Å². The van der Waals surface area contributed by atoms with E-state index in [1.807, 2.05) is 0 Å². The molecule has 0 saturated carbocycles. The Balaban J connectivity index is 4.33. The van der Waals surface area contributed by atoms with Crippen LogP contribution in [0.15, 0.2) is 0 Å². The van der Waals surface area contributed by atoms with E-state index < -0.39 is 47.8 Å². The molecule has 0 aromatic carbocycles. The number of ketones is 2. The summed E-state index contributed by atoms with van der Waals surface area (Å²) in [5, 5.41) is 39.8. The Morgan fingerprint density at radius 1 is 0.686 bits per heavy atom. The molecule has 0 radical (unpaired) electrons. The number of carbonyl (C=O) groups is 5. The van der Waals surface area contributed by atoms with Gasteiger partial charge in [-0.2, -0.15) is 0 Å². The van der Waals surface area contributed by atoms with Crippen LogP contribution in [-0.2, 0) is 24.0 Å². The fourth-order valence-electron chi connectivity index (χ4n) is 3.54. The number of carboxylic acids is 1. The monoisotopic (exact) mass is 502 g/mol. The van der Waals surface area contributed by atoms with Crippen LogP contribution in [0.5, 0.6) is 0 Å². The number of hydroxylamine groups is 4. The fourth-order valence-corrected chi connectivity index (χ4v) is 3.54. The first-order valence-corrected chi connectivity index (χ1v) is 12.4. The molecule has 11 heteroatoms. The van der Waals surface area contributed by atoms with Crippen LogP contribution in [0.3, 0.4) is 0 Å². The van der Waals surface area contributed by atoms with Gasteiger partial charge in [0, 0.05) is 52.1 Å². The second-order valence-electron chi connectivity index (χ2n) is 9.01. The van der Waals surface area contributed by atoms with Crippen LogP contribution in [-0.4, -0.2) is 78.8 Å². The van der Waals surface area contributed by atoms with E-state index in [0.717, 1.165) is 26.2 Å². The molecular weight excluding hydrogens is 460 g/mol. The normalized spacial score (nSPS) is 12.6. The summed E-state index contributed by atoms with van der Waals surface area (Å²) < 4.78 is 0. The maximum absolute atomic E-state index is 12.2. The number of hydrogen-bond acceptors (Lipinski definition) is 8. The first kappa shape index (κ1) is 32.6. The number of rotatable bonds is 21. The Hall–Kier alpha value is -2.37. The van der Waals surface area contributed by atoms with E-state index >= 15 is 0 Å². The van der Waals surface area contributed by atoms with Crippen LogP contribution >= 0.6 is 0 Å². The molecule has 0 aliphatic rings. The molecule has 0 rings (SSSR count). The predicted molar refractivity (Wildman–Crippen MR) is 126 cm³/mol. The number of carbonyl (C=O) groups excluding carboxylic acids is 4. The maximum Gasteiger partial charge on any atom is 0.336 e. The molecule has 4 N–H and O–H groups in total. The van der Waals surface area contributed by atoms with E-state index in [0.29, 0.717) is 16.5 Å². The lowest BCUT2D eigenvalue weighted by atomic mass is 9.89. The summed E-state index contributed by atoms with van der Waals surface area (Å²) in [7, 11) is 0. The van der Waals surface area contributed by atoms with Gasteiger partial charge in [0.25, 0.3) is 0 Å². The van der Waals surface area contributed by atoms with Gasteiger partial charge in [-0.25, -0.2) is 14.9 Å². The highest BCUT2D eigenvalue weighted by molar-refractivity contribution is 5.93. The second kappa shape index (κ2) is 18.0. The van der Waals surface area contributed by atoms with Gasteiger partial charge in [0.15, 0.2) is 5.60 Å². The molecule has 0 bridgehead atoms. The lowest BCUT2D eigenvalue weighted by molar-refractivity contribution is -0.166. The molecule has 1 unspecified atom stereocenters. The SMILES string of the molecule is CCCCCCCCCC(=O)N(O)CCCC(=O)CC(O)(CC(=O)CCCN(O)C(C)=O)C(=O)O. The smallest absolute Gasteiger partial charge is 0.336 e. The highest BCUT2D eigenvalue weighted by Gasteiger charge is 2.40. The van der Waals surface area contributed by atoms with Crippen LogP contribution < -0.4 is 0 Å².